The predicted octanol–water partition coefficient (Wildman–Crippen LogP) is 3.72. The fraction of sp³-hybridized carbons (Fsp3) is 0.400. The molecule has 0 fully saturated rings. The van der Waals surface area contributed by atoms with Crippen LogP contribution in [0.3, 0.4) is 0 Å². The summed E-state index contributed by atoms with van der Waals surface area (Å²) in [6.07, 6.45) is 4.41. The van der Waals surface area contributed by atoms with Gasteiger partial charge in [0.25, 0.3) is 0 Å². The Kier molecular flexibility index (Phi) is 3.65. The van der Waals surface area contributed by atoms with Crippen molar-refractivity contribution in [1.29, 1.82) is 5.26 Å². The summed E-state index contributed by atoms with van der Waals surface area (Å²) in [5, 5.41) is 13.5. The molecule has 0 amide bonds. The van der Waals surface area contributed by atoms with Crippen LogP contribution in [0.2, 0.25) is 0 Å². The summed E-state index contributed by atoms with van der Waals surface area (Å²) in [5.74, 6) is 1.74. The minimum absolute atomic E-state index is 0.570. The van der Waals surface area contributed by atoms with Crippen LogP contribution < -0.4 is 9.72 Å². The van der Waals surface area contributed by atoms with Crippen LogP contribution in [0.1, 0.15) is 43.4 Å². The largest absolute Gasteiger partial charge is 0.305 e. The highest BCUT2D eigenvalue weighted by Crippen LogP contribution is 2.31. The molecule has 2 aromatic heterocycles. The number of pyridine rings is 1. The second kappa shape index (κ2) is 5.83. The summed E-state index contributed by atoms with van der Waals surface area (Å²) >= 11 is 0. The number of hydrogen-bond acceptors (Lipinski definition) is 2. The van der Waals surface area contributed by atoms with Crippen LogP contribution in [0.5, 0.6) is 0 Å². The van der Waals surface area contributed by atoms with Gasteiger partial charge in [0.15, 0.2) is 0 Å². The van der Waals surface area contributed by atoms with Crippen LogP contribution in [0.25, 0.3) is 16.7 Å². The lowest BCUT2D eigenvalue weighted by molar-refractivity contribution is -0.465. The molecule has 0 saturated carbocycles. The van der Waals surface area contributed by atoms with Gasteiger partial charge in [0, 0.05) is 5.56 Å². The first-order valence-corrected chi connectivity index (χ1v) is 8.85. The summed E-state index contributed by atoms with van der Waals surface area (Å²) in [6.45, 7) is 5.38. The van der Waals surface area contributed by atoms with Crippen LogP contribution >= 0.6 is 0 Å². The molecule has 2 heterocycles. The van der Waals surface area contributed by atoms with Crippen molar-refractivity contribution >= 4 is 22.5 Å². The number of fused-ring (bicyclic) bond motifs is 4. The Morgan fingerprint density at radius 2 is 1.96 bits per heavy atom. The lowest BCUT2D eigenvalue weighted by Gasteiger charge is -2.20. The number of benzene rings is 1. The molecule has 0 radical (unpaired) electrons. The zero-order valence-electron chi connectivity index (χ0n) is 14.3. The molecule has 1 aliphatic rings. The van der Waals surface area contributed by atoms with E-state index in [-0.39, 0.29) is 0 Å². The molecule has 122 valence electrons. The third kappa shape index (κ3) is 2.24. The molecule has 1 aliphatic carbocycles. The van der Waals surface area contributed by atoms with Gasteiger partial charge in [0.1, 0.15) is 22.7 Å². The second-order valence-electron chi connectivity index (χ2n) is 7.10. The molecule has 0 unspecified atom stereocenters. The van der Waals surface area contributed by atoms with E-state index in [0.29, 0.717) is 5.92 Å². The fourth-order valence-electron chi connectivity index (χ4n) is 3.81. The topological polar surface area (TPSA) is 55.7 Å². The number of rotatable bonds is 3. The molecule has 0 bridgehead atoms. The summed E-state index contributed by atoms with van der Waals surface area (Å²) in [6, 6.07) is 10.8. The summed E-state index contributed by atoms with van der Waals surface area (Å²) in [4.78, 5) is 3.48. The first-order chi connectivity index (χ1) is 11.7. The van der Waals surface area contributed by atoms with E-state index in [1.54, 1.807) is 0 Å². The smallest absolute Gasteiger partial charge is 0.250 e. The van der Waals surface area contributed by atoms with E-state index in [4.69, 9.17) is 0 Å². The lowest BCUT2D eigenvalue weighted by atomic mass is 9.89. The zero-order chi connectivity index (χ0) is 16.7. The minimum Gasteiger partial charge on any atom is -0.305 e. The van der Waals surface area contributed by atoms with Gasteiger partial charge in [-0.1, -0.05) is 26.0 Å². The third-order valence-electron chi connectivity index (χ3n) is 4.93. The Morgan fingerprint density at radius 3 is 2.71 bits per heavy atom. The van der Waals surface area contributed by atoms with Gasteiger partial charge < -0.3 is 5.32 Å². The van der Waals surface area contributed by atoms with Crippen LogP contribution in [-0.2, 0) is 12.8 Å². The van der Waals surface area contributed by atoms with E-state index in [1.165, 1.54) is 29.8 Å². The van der Waals surface area contributed by atoms with E-state index in [1.807, 2.05) is 6.07 Å². The molecule has 24 heavy (non-hydrogen) atoms. The van der Waals surface area contributed by atoms with Crippen molar-refractivity contribution in [3.63, 3.8) is 0 Å². The standard InChI is InChI=1S/C20H22N4/c1-13(2)12-22-19-15-8-4-3-7-14(15)16(11-21)20-23-17-9-5-6-10-18(17)24(19)20/h5-6,9-10,13H,3-4,7-8,12H2,1-2H3,(H,22,23)/p+1. The van der Waals surface area contributed by atoms with Crippen molar-refractivity contribution in [2.24, 2.45) is 5.92 Å². The van der Waals surface area contributed by atoms with Gasteiger partial charge in [-0.3, -0.25) is 4.98 Å². The number of aromatic amines is 1. The third-order valence-corrected chi connectivity index (χ3v) is 4.93. The Morgan fingerprint density at radius 1 is 1.21 bits per heavy atom. The highest BCUT2D eigenvalue weighted by Gasteiger charge is 2.28. The number of aromatic nitrogens is 2. The SMILES string of the molecule is CC(C)CNc1c2c(c(C#N)c3[nH]c4ccccc4[n+]13)CCCC2. The van der Waals surface area contributed by atoms with Crippen LogP contribution in [0.15, 0.2) is 24.3 Å². The summed E-state index contributed by atoms with van der Waals surface area (Å²) in [7, 11) is 0. The summed E-state index contributed by atoms with van der Waals surface area (Å²) < 4.78 is 2.22. The number of nitrogens with one attached hydrogen (secondary N) is 2. The van der Waals surface area contributed by atoms with Gasteiger partial charge in [0.05, 0.1) is 6.54 Å². The molecule has 4 nitrogen and oxygen atoms in total. The molecule has 4 rings (SSSR count). The van der Waals surface area contributed by atoms with E-state index >= 15 is 0 Å². The van der Waals surface area contributed by atoms with Crippen LogP contribution in [0, 0.1) is 17.2 Å². The van der Waals surface area contributed by atoms with Crippen molar-refractivity contribution in [2.75, 3.05) is 11.9 Å². The molecule has 3 aromatic rings. The number of nitriles is 1. The maximum absolute atomic E-state index is 9.82. The zero-order valence-corrected chi connectivity index (χ0v) is 14.3. The van der Waals surface area contributed by atoms with E-state index in [0.717, 1.165) is 41.6 Å². The average molecular weight is 319 g/mol. The first kappa shape index (κ1) is 15.0. The monoisotopic (exact) mass is 319 g/mol. The molecular weight excluding hydrogens is 296 g/mol. The average Bonchev–Trinajstić information content (AvgIpc) is 2.97. The Balaban J connectivity index is 2.10. The van der Waals surface area contributed by atoms with Gasteiger partial charge in [-0.05, 0) is 49.3 Å². The molecule has 0 spiro atoms. The molecule has 4 heteroatoms. The number of imidazole rings is 1. The lowest BCUT2D eigenvalue weighted by Crippen LogP contribution is -2.32. The highest BCUT2D eigenvalue weighted by atomic mass is 15.1. The minimum atomic E-state index is 0.570. The van der Waals surface area contributed by atoms with Crippen LogP contribution in [-0.4, -0.2) is 11.5 Å². The normalized spacial score (nSPS) is 14.1. The van der Waals surface area contributed by atoms with E-state index < -0.39 is 0 Å². The molecular formula is C20H23N4+. The van der Waals surface area contributed by atoms with Crippen molar-refractivity contribution in [2.45, 2.75) is 39.5 Å². The number of para-hydroxylation sites is 2. The summed E-state index contributed by atoms with van der Waals surface area (Å²) in [5.41, 5.74) is 6.51. The number of nitrogens with zero attached hydrogens (tertiary/aromatic N) is 2. The molecule has 1 aromatic carbocycles. The number of anilines is 1. The van der Waals surface area contributed by atoms with Crippen molar-refractivity contribution < 1.29 is 4.40 Å². The predicted molar refractivity (Wildman–Crippen MR) is 96.1 cm³/mol. The number of H-pyrrole nitrogens is 1. The molecule has 0 atom stereocenters. The fourth-order valence-corrected chi connectivity index (χ4v) is 3.81. The van der Waals surface area contributed by atoms with Crippen molar-refractivity contribution in [3.8, 4) is 6.07 Å². The maximum atomic E-state index is 9.82. The Hall–Kier alpha value is -2.54. The quantitative estimate of drug-likeness (QED) is 0.723. The van der Waals surface area contributed by atoms with Gasteiger partial charge in [-0.25, -0.2) is 0 Å². The second-order valence-corrected chi connectivity index (χ2v) is 7.10. The van der Waals surface area contributed by atoms with Crippen molar-refractivity contribution in [1.82, 2.24) is 4.98 Å². The van der Waals surface area contributed by atoms with Gasteiger partial charge in [-0.2, -0.15) is 9.66 Å². The molecule has 0 aliphatic heterocycles. The number of hydrogen-bond donors (Lipinski definition) is 2. The highest BCUT2D eigenvalue weighted by molar-refractivity contribution is 5.78. The molecule has 0 saturated heterocycles. The first-order valence-electron chi connectivity index (χ1n) is 8.85. The van der Waals surface area contributed by atoms with E-state index in [2.05, 4.69) is 52.8 Å². The maximum Gasteiger partial charge on any atom is 0.250 e. The van der Waals surface area contributed by atoms with Gasteiger partial charge in [0.2, 0.25) is 11.5 Å². The Labute approximate surface area is 142 Å². The van der Waals surface area contributed by atoms with Crippen LogP contribution in [0.4, 0.5) is 5.82 Å². The van der Waals surface area contributed by atoms with E-state index in [9.17, 15) is 5.26 Å². The van der Waals surface area contributed by atoms with Crippen molar-refractivity contribution in [3.05, 3.63) is 41.0 Å². The van der Waals surface area contributed by atoms with Gasteiger partial charge in [-0.15, -0.1) is 0 Å². The molecule has 2 N–H and O–H groups in total. The van der Waals surface area contributed by atoms with Gasteiger partial charge >= 0.3 is 0 Å². The Bertz CT molecular complexity index is 959.